The molecule has 1 N–H and O–H groups in total. The number of pyridine rings is 1. The van der Waals surface area contributed by atoms with Gasteiger partial charge in [0, 0.05) is 17.7 Å². The zero-order valence-corrected chi connectivity index (χ0v) is 10.5. The molecule has 1 heterocycles. The fraction of sp³-hybridized carbons (Fsp3) is 0.214. The Labute approximate surface area is 110 Å². The second-order valence-corrected chi connectivity index (χ2v) is 4.03. The number of rotatable bonds is 5. The number of nitrogens with zero attached hydrogens (tertiary/aromatic N) is 1. The van der Waals surface area contributed by atoms with Crippen molar-refractivity contribution in [2.45, 2.75) is 13.2 Å². The van der Waals surface area contributed by atoms with Crippen molar-refractivity contribution in [3.63, 3.8) is 0 Å². The molecule has 0 aliphatic rings. The minimum atomic E-state index is -0.427. The van der Waals surface area contributed by atoms with Gasteiger partial charge in [-0.05, 0) is 19.2 Å². The summed E-state index contributed by atoms with van der Waals surface area (Å²) in [5.74, 6) is -0.456. The molecule has 0 atom stereocenters. The highest BCUT2D eigenvalue weighted by Gasteiger charge is 2.08. The van der Waals surface area contributed by atoms with E-state index in [1.54, 1.807) is 25.2 Å². The summed E-state index contributed by atoms with van der Waals surface area (Å²) in [4.78, 5) is 3.88. The maximum Gasteiger partial charge on any atom is 0.218 e. The van der Waals surface area contributed by atoms with E-state index in [9.17, 15) is 8.78 Å². The largest absolute Gasteiger partial charge is 0.472 e. The van der Waals surface area contributed by atoms with E-state index < -0.39 is 5.82 Å². The topological polar surface area (TPSA) is 34.2 Å². The van der Waals surface area contributed by atoms with Gasteiger partial charge in [0.05, 0.1) is 6.20 Å². The van der Waals surface area contributed by atoms with Crippen LogP contribution in [-0.2, 0) is 13.2 Å². The summed E-state index contributed by atoms with van der Waals surface area (Å²) < 4.78 is 32.0. The Morgan fingerprint density at radius 3 is 2.74 bits per heavy atom. The SMILES string of the molecule is CNCc1cc(F)cnc1OCc1ccccc1F. The molecule has 2 aromatic rings. The maximum absolute atomic E-state index is 13.4. The molecule has 1 aromatic carbocycles. The molecular formula is C14H14F2N2O. The number of aromatic nitrogens is 1. The van der Waals surface area contributed by atoms with Crippen molar-refractivity contribution in [1.29, 1.82) is 0 Å². The number of benzene rings is 1. The van der Waals surface area contributed by atoms with E-state index in [1.807, 2.05) is 0 Å². The van der Waals surface area contributed by atoms with Crippen LogP contribution in [0.1, 0.15) is 11.1 Å². The third-order valence-electron chi connectivity index (χ3n) is 2.58. The van der Waals surface area contributed by atoms with Crippen LogP contribution in [0.4, 0.5) is 8.78 Å². The molecule has 3 nitrogen and oxygen atoms in total. The minimum Gasteiger partial charge on any atom is -0.472 e. The zero-order valence-electron chi connectivity index (χ0n) is 10.5. The first kappa shape index (κ1) is 13.4. The van der Waals surface area contributed by atoms with E-state index in [-0.39, 0.29) is 12.4 Å². The predicted octanol–water partition coefficient (Wildman–Crippen LogP) is 2.66. The van der Waals surface area contributed by atoms with Crippen LogP contribution in [-0.4, -0.2) is 12.0 Å². The maximum atomic E-state index is 13.4. The first-order valence-electron chi connectivity index (χ1n) is 5.86. The van der Waals surface area contributed by atoms with Gasteiger partial charge in [-0.2, -0.15) is 0 Å². The van der Waals surface area contributed by atoms with E-state index in [4.69, 9.17) is 4.74 Å². The van der Waals surface area contributed by atoms with Crippen LogP contribution in [0.25, 0.3) is 0 Å². The van der Waals surface area contributed by atoms with Crippen molar-refractivity contribution >= 4 is 0 Å². The van der Waals surface area contributed by atoms with Gasteiger partial charge in [-0.15, -0.1) is 0 Å². The summed E-state index contributed by atoms with van der Waals surface area (Å²) in [5, 5.41) is 2.90. The molecule has 0 unspecified atom stereocenters. The Kier molecular flexibility index (Phi) is 4.41. The molecule has 0 radical (unpaired) electrons. The molecule has 0 aliphatic carbocycles. The average Bonchev–Trinajstić information content (AvgIpc) is 2.40. The lowest BCUT2D eigenvalue weighted by Gasteiger charge is -2.10. The van der Waals surface area contributed by atoms with Crippen LogP contribution in [0.5, 0.6) is 5.88 Å². The standard InChI is InChI=1S/C14H14F2N2O/c1-17-7-11-6-12(15)8-18-14(11)19-9-10-4-2-3-5-13(10)16/h2-6,8,17H,7,9H2,1H3. The summed E-state index contributed by atoms with van der Waals surface area (Å²) in [5.41, 5.74) is 1.03. The molecule has 2 rings (SSSR count). The predicted molar refractivity (Wildman–Crippen MR) is 67.7 cm³/mol. The molecule has 0 spiro atoms. The highest BCUT2D eigenvalue weighted by molar-refractivity contribution is 5.26. The highest BCUT2D eigenvalue weighted by Crippen LogP contribution is 2.18. The van der Waals surface area contributed by atoms with Crippen LogP contribution in [0.2, 0.25) is 0 Å². The van der Waals surface area contributed by atoms with Crippen LogP contribution >= 0.6 is 0 Å². The van der Waals surface area contributed by atoms with Gasteiger partial charge in [-0.1, -0.05) is 18.2 Å². The third-order valence-corrected chi connectivity index (χ3v) is 2.58. The Balaban J connectivity index is 2.13. The molecule has 0 bridgehead atoms. The van der Waals surface area contributed by atoms with Crippen LogP contribution in [0.3, 0.4) is 0 Å². The molecule has 0 saturated heterocycles. The Morgan fingerprint density at radius 1 is 1.21 bits per heavy atom. The summed E-state index contributed by atoms with van der Waals surface area (Å²) >= 11 is 0. The molecule has 19 heavy (non-hydrogen) atoms. The minimum absolute atomic E-state index is 0.0576. The summed E-state index contributed by atoms with van der Waals surface area (Å²) in [6.07, 6.45) is 1.08. The monoisotopic (exact) mass is 264 g/mol. The molecule has 0 fully saturated rings. The van der Waals surface area contributed by atoms with Crippen LogP contribution in [0, 0.1) is 11.6 Å². The fourth-order valence-electron chi connectivity index (χ4n) is 1.68. The second kappa shape index (κ2) is 6.24. The van der Waals surface area contributed by atoms with E-state index in [0.717, 1.165) is 6.20 Å². The molecule has 0 saturated carbocycles. The molecule has 0 amide bonds. The van der Waals surface area contributed by atoms with Gasteiger partial charge in [0.15, 0.2) is 0 Å². The summed E-state index contributed by atoms with van der Waals surface area (Å²) in [6.45, 7) is 0.486. The van der Waals surface area contributed by atoms with E-state index in [0.29, 0.717) is 23.6 Å². The second-order valence-electron chi connectivity index (χ2n) is 4.03. The smallest absolute Gasteiger partial charge is 0.218 e. The van der Waals surface area contributed by atoms with E-state index in [2.05, 4.69) is 10.3 Å². The van der Waals surface area contributed by atoms with Gasteiger partial charge in [-0.3, -0.25) is 0 Å². The van der Waals surface area contributed by atoms with Crippen molar-refractivity contribution in [3.8, 4) is 5.88 Å². The van der Waals surface area contributed by atoms with Crippen molar-refractivity contribution in [3.05, 3.63) is 59.3 Å². The van der Waals surface area contributed by atoms with Gasteiger partial charge in [0.1, 0.15) is 18.2 Å². The number of hydrogen-bond acceptors (Lipinski definition) is 3. The zero-order chi connectivity index (χ0) is 13.7. The Hall–Kier alpha value is -2.01. The molecule has 5 heteroatoms. The lowest BCUT2D eigenvalue weighted by molar-refractivity contribution is 0.283. The van der Waals surface area contributed by atoms with Crippen molar-refractivity contribution in [2.75, 3.05) is 7.05 Å². The number of hydrogen-bond donors (Lipinski definition) is 1. The van der Waals surface area contributed by atoms with E-state index in [1.165, 1.54) is 12.1 Å². The number of nitrogens with one attached hydrogen (secondary N) is 1. The molecular weight excluding hydrogens is 250 g/mol. The van der Waals surface area contributed by atoms with Gasteiger partial charge in [0.2, 0.25) is 5.88 Å². The molecule has 1 aromatic heterocycles. The quantitative estimate of drug-likeness (QED) is 0.901. The third kappa shape index (κ3) is 3.48. The first-order chi connectivity index (χ1) is 9.20. The normalized spacial score (nSPS) is 10.5. The Morgan fingerprint density at radius 2 is 2.00 bits per heavy atom. The summed E-state index contributed by atoms with van der Waals surface area (Å²) in [6, 6.07) is 7.69. The van der Waals surface area contributed by atoms with Gasteiger partial charge < -0.3 is 10.1 Å². The fourth-order valence-corrected chi connectivity index (χ4v) is 1.68. The van der Waals surface area contributed by atoms with E-state index >= 15 is 0 Å². The van der Waals surface area contributed by atoms with Gasteiger partial charge in [-0.25, -0.2) is 13.8 Å². The lowest BCUT2D eigenvalue weighted by Crippen LogP contribution is -2.09. The van der Waals surface area contributed by atoms with Gasteiger partial charge in [0.25, 0.3) is 0 Å². The average molecular weight is 264 g/mol. The van der Waals surface area contributed by atoms with Crippen LogP contribution < -0.4 is 10.1 Å². The number of halogens is 2. The van der Waals surface area contributed by atoms with Crippen molar-refractivity contribution < 1.29 is 13.5 Å². The Bertz CT molecular complexity index is 561. The van der Waals surface area contributed by atoms with Crippen molar-refractivity contribution in [2.24, 2.45) is 0 Å². The number of ether oxygens (including phenoxy) is 1. The summed E-state index contributed by atoms with van der Waals surface area (Å²) in [7, 11) is 1.74. The first-order valence-corrected chi connectivity index (χ1v) is 5.86. The van der Waals surface area contributed by atoms with Crippen LogP contribution in [0.15, 0.2) is 36.5 Å². The van der Waals surface area contributed by atoms with Crippen molar-refractivity contribution in [1.82, 2.24) is 10.3 Å². The lowest BCUT2D eigenvalue weighted by atomic mass is 10.2. The highest BCUT2D eigenvalue weighted by atomic mass is 19.1. The molecule has 100 valence electrons. The van der Waals surface area contributed by atoms with Gasteiger partial charge >= 0.3 is 0 Å². The molecule has 0 aliphatic heterocycles.